The quantitative estimate of drug-likeness (QED) is 0.676. The lowest BCUT2D eigenvalue weighted by Crippen LogP contribution is -2.24. The molecular weight excluding hydrogens is 150 g/mol. The van der Waals surface area contributed by atoms with Gasteiger partial charge in [0.25, 0.3) is 0 Å². The molecule has 2 rings (SSSR count). The lowest BCUT2D eigenvalue weighted by molar-refractivity contribution is 0.240. The Hall–Kier alpha value is -1.02. The summed E-state index contributed by atoms with van der Waals surface area (Å²) in [5.74, 6) is 1.05. The van der Waals surface area contributed by atoms with Crippen molar-refractivity contribution >= 4 is 0 Å². The van der Waals surface area contributed by atoms with Crippen LogP contribution in [0.15, 0.2) is 18.2 Å². The largest absolute Gasteiger partial charge is 0.488 e. The van der Waals surface area contributed by atoms with Crippen LogP contribution >= 0.6 is 0 Å². The Bertz CT molecular complexity index is 296. The van der Waals surface area contributed by atoms with E-state index in [1.807, 2.05) is 0 Å². The fourth-order valence-electron chi connectivity index (χ4n) is 1.63. The van der Waals surface area contributed by atoms with E-state index in [0.29, 0.717) is 6.54 Å². The molecule has 1 heterocycles. The summed E-state index contributed by atoms with van der Waals surface area (Å²) in [5.41, 5.74) is 8.05. The van der Waals surface area contributed by atoms with Gasteiger partial charge in [0.15, 0.2) is 0 Å². The standard InChI is InChI=1S/C10H13NO/c1-7-3-2-4-8-5-9(6-11)12-10(7)8/h2-4,9H,5-6,11H2,1H3/t9-/m0/s1. The second-order valence-corrected chi connectivity index (χ2v) is 3.24. The highest BCUT2D eigenvalue weighted by molar-refractivity contribution is 5.43. The third-order valence-corrected chi connectivity index (χ3v) is 2.29. The average Bonchev–Trinajstić information content (AvgIpc) is 2.49. The van der Waals surface area contributed by atoms with Gasteiger partial charge in [0.1, 0.15) is 11.9 Å². The van der Waals surface area contributed by atoms with E-state index in [1.165, 1.54) is 11.1 Å². The molecule has 1 aromatic rings. The van der Waals surface area contributed by atoms with Crippen LogP contribution in [0, 0.1) is 6.92 Å². The van der Waals surface area contributed by atoms with E-state index in [-0.39, 0.29) is 6.10 Å². The van der Waals surface area contributed by atoms with Crippen molar-refractivity contribution in [2.75, 3.05) is 6.54 Å². The molecule has 0 fully saturated rings. The molecule has 0 aromatic heterocycles. The van der Waals surface area contributed by atoms with Crippen LogP contribution in [0.5, 0.6) is 5.75 Å². The van der Waals surface area contributed by atoms with E-state index >= 15 is 0 Å². The minimum atomic E-state index is 0.195. The van der Waals surface area contributed by atoms with Crippen molar-refractivity contribution in [3.63, 3.8) is 0 Å². The monoisotopic (exact) mass is 163 g/mol. The third kappa shape index (κ3) is 1.08. The molecule has 64 valence electrons. The van der Waals surface area contributed by atoms with Crippen molar-refractivity contribution in [3.8, 4) is 5.75 Å². The van der Waals surface area contributed by atoms with Crippen LogP contribution in [0.4, 0.5) is 0 Å². The van der Waals surface area contributed by atoms with Gasteiger partial charge in [-0.2, -0.15) is 0 Å². The van der Waals surface area contributed by atoms with Crippen molar-refractivity contribution in [2.45, 2.75) is 19.4 Å². The van der Waals surface area contributed by atoms with Crippen LogP contribution in [0.3, 0.4) is 0 Å². The summed E-state index contributed by atoms with van der Waals surface area (Å²) >= 11 is 0. The van der Waals surface area contributed by atoms with E-state index < -0.39 is 0 Å². The number of aryl methyl sites for hydroxylation is 1. The zero-order chi connectivity index (χ0) is 8.55. The molecule has 0 aliphatic carbocycles. The Morgan fingerprint density at radius 3 is 3.08 bits per heavy atom. The van der Waals surface area contributed by atoms with Gasteiger partial charge in [-0.1, -0.05) is 18.2 Å². The number of benzene rings is 1. The highest BCUT2D eigenvalue weighted by Crippen LogP contribution is 2.31. The van der Waals surface area contributed by atoms with Gasteiger partial charge in [-0.3, -0.25) is 0 Å². The Morgan fingerprint density at radius 1 is 1.58 bits per heavy atom. The maximum atomic E-state index is 5.66. The topological polar surface area (TPSA) is 35.2 Å². The van der Waals surface area contributed by atoms with Crippen molar-refractivity contribution in [1.29, 1.82) is 0 Å². The van der Waals surface area contributed by atoms with Gasteiger partial charge < -0.3 is 10.5 Å². The highest BCUT2D eigenvalue weighted by Gasteiger charge is 2.22. The molecule has 1 aliphatic heterocycles. The van der Waals surface area contributed by atoms with E-state index in [9.17, 15) is 0 Å². The van der Waals surface area contributed by atoms with Gasteiger partial charge in [-0.15, -0.1) is 0 Å². The minimum absolute atomic E-state index is 0.195. The van der Waals surface area contributed by atoms with E-state index in [0.717, 1.165) is 12.2 Å². The molecule has 0 bridgehead atoms. The second kappa shape index (κ2) is 2.79. The Labute approximate surface area is 72.3 Å². The highest BCUT2D eigenvalue weighted by atomic mass is 16.5. The summed E-state index contributed by atoms with van der Waals surface area (Å²) in [5, 5.41) is 0. The molecule has 2 N–H and O–H groups in total. The predicted octanol–water partition coefficient (Wildman–Crippen LogP) is 1.26. The van der Waals surface area contributed by atoms with E-state index in [1.54, 1.807) is 0 Å². The molecule has 2 nitrogen and oxygen atoms in total. The van der Waals surface area contributed by atoms with Gasteiger partial charge in [-0.25, -0.2) is 0 Å². The number of nitrogens with two attached hydrogens (primary N) is 1. The molecule has 0 spiro atoms. The average molecular weight is 163 g/mol. The van der Waals surface area contributed by atoms with Crippen molar-refractivity contribution in [3.05, 3.63) is 29.3 Å². The maximum Gasteiger partial charge on any atom is 0.126 e. The predicted molar refractivity (Wildman–Crippen MR) is 48.4 cm³/mol. The van der Waals surface area contributed by atoms with Crippen LogP contribution < -0.4 is 10.5 Å². The van der Waals surface area contributed by atoms with E-state index in [2.05, 4.69) is 25.1 Å². The second-order valence-electron chi connectivity index (χ2n) is 3.24. The first-order valence-corrected chi connectivity index (χ1v) is 4.26. The van der Waals surface area contributed by atoms with Gasteiger partial charge in [0.2, 0.25) is 0 Å². The molecule has 12 heavy (non-hydrogen) atoms. The first-order valence-electron chi connectivity index (χ1n) is 4.26. The molecule has 0 amide bonds. The SMILES string of the molecule is Cc1cccc2c1O[C@H](CN)C2. The summed E-state index contributed by atoms with van der Waals surface area (Å²) in [6, 6.07) is 6.24. The minimum Gasteiger partial charge on any atom is -0.488 e. The van der Waals surface area contributed by atoms with Crippen LogP contribution in [0.25, 0.3) is 0 Å². The first-order chi connectivity index (χ1) is 5.81. The molecule has 2 heteroatoms. The number of rotatable bonds is 1. The number of fused-ring (bicyclic) bond motifs is 1. The fourth-order valence-corrected chi connectivity index (χ4v) is 1.63. The van der Waals surface area contributed by atoms with Crippen LogP contribution in [0.2, 0.25) is 0 Å². The Balaban J connectivity index is 2.35. The fraction of sp³-hybridized carbons (Fsp3) is 0.400. The van der Waals surface area contributed by atoms with Crippen LogP contribution in [0.1, 0.15) is 11.1 Å². The zero-order valence-electron chi connectivity index (χ0n) is 7.21. The van der Waals surface area contributed by atoms with Crippen LogP contribution in [-0.2, 0) is 6.42 Å². The number of ether oxygens (including phenoxy) is 1. The van der Waals surface area contributed by atoms with Gasteiger partial charge in [-0.05, 0) is 18.1 Å². The van der Waals surface area contributed by atoms with Gasteiger partial charge in [0.05, 0.1) is 0 Å². The lowest BCUT2D eigenvalue weighted by Gasteiger charge is -2.07. The Morgan fingerprint density at radius 2 is 2.42 bits per heavy atom. The summed E-state index contributed by atoms with van der Waals surface area (Å²) in [4.78, 5) is 0. The lowest BCUT2D eigenvalue weighted by atomic mass is 10.1. The maximum absolute atomic E-state index is 5.66. The van der Waals surface area contributed by atoms with Gasteiger partial charge in [0, 0.05) is 13.0 Å². The third-order valence-electron chi connectivity index (χ3n) is 2.29. The summed E-state index contributed by atoms with van der Waals surface area (Å²) in [7, 11) is 0. The smallest absolute Gasteiger partial charge is 0.126 e. The van der Waals surface area contributed by atoms with Crippen LogP contribution in [-0.4, -0.2) is 12.6 Å². The molecule has 1 aliphatic rings. The summed E-state index contributed by atoms with van der Waals surface area (Å²) in [6.07, 6.45) is 1.16. The number of hydrogen-bond donors (Lipinski definition) is 1. The molecule has 0 radical (unpaired) electrons. The zero-order valence-corrected chi connectivity index (χ0v) is 7.21. The molecule has 0 saturated carbocycles. The summed E-state index contributed by atoms with van der Waals surface area (Å²) in [6.45, 7) is 2.67. The van der Waals surface area contributed by atoms with Gasteiger partial charge >= 0.3 is 0 Å². The van der Waals surface area contributed by atoms with Crippen molar-refractivity contribution < 1.29 is 4.74 Å². The molecule has 0 saturated heterocycles. The number of hydrogen-bond acceptors (Lipinski definition) is 2. The molecule has 0 unspecified atom stereocenters. The van der Waals surface area contributed by atoms with Crippen molar-refractivity contribution in [1.82, 2.24) is 0 Å². The van der Waals surface area contributed by atoms with Crippen molar-refractivity contribution in [2.24, 2.45) is 5.73 Å². The number of para-hydroxylation sites is 1. The Kier molecular flexibility index (Phi) is 1.77. The molecule has 1 atom stereocenters. The van der Waals surface area contributed by atoms with E-state index in [4.69, 9.17) is 10.5 Å². The first kappa shape index (κ1) is 7.62. The normalized spacial score (nSPS) is 20.3. The summed E-state index contributed by atoms with van der Waals surface area (Å²) < 4.78 is 5.66. The molecular formula is C10H13NO. The molecule has 1 aromatic carbocycles.